The number of carboxylic acid groups (broad SMARTS) is 1. The molecular formula is C14H17NO4S. The smallest absolute Gasteiger partial charge is 0.334 e. The summed E-state index contributed by atoms with van der Waals surface area (Å²) >= 11 is 1.54. The topological polar surface area (TPSA) is 66.8 Å². The van der Waals surface area contributed by atoms with Crippen LogP contribution in [-0.2, 0) is 20.1 Å². The SMILES string of the molecule is O=C(O)C1CN(C(=O)CSCc2ccccc2)CCO1. The first-order valence-corrected chi connectivity index (χ1v) is 7.56. The van der Waals surface area contributed by atoms with Crippen LogP contribution in [0, 0.1) is 0 Å². The Hall–Kier alpha value is -1.53. The van der Waals surface area contributed by atoms with Gasteiger partial charge in [-0.2, -0.15) is 0 Å². The van der Waals surface area contributed by atoms with Gasteiger partial charge in [0.05, 0.1) is 18.9 Å². The van der Waals surface area contributed by atoms with E-state index in [1.807, 2.05) is 30.3 Å². The molecule has 0 aromatic heterocycles. The summed E-state index contributed by atoms with van der Waals surface area (Å²) in [6.07, 6.45) is -0.896. The predicted octanol–water partition coefficient (Wildman–Crippen LogP) is 1.23. The van der Waals surface area contributed by atoms with Gasteiger partial charge in [-0.1, -0.05) is 30.3 Å². The van der Waals surface area contributed by atoms with E-state index < -0.39 is 12.1 Å². The Balaban J connectivity index is 1.75. The van der Waals surface area contributed by atoms with Crippen molar-refractivity contribution in [1.82, 2.24) is 4.90 Å². The fourth-order valence-electron chi connectivity index (χ4n) is 1.95. The number of rotatable bonds is 5. The highest BCUT2D eigenvalue weighted by Crippen LogP contribution is 2.14. The third-order valence-corrected chi connectivity index (χ3v) is 4.02. The maximum atomic E-state index is 12.0. The summed E-state index contributed by atoms with van der Waals surface area (Å²) in [7, 11) is 0. The average Bonchev–Trinajstić information content (AvgIpc) is 2.48. The highest BCUT2D eigenvalue weighted by Gasteiger charge is 2.28. The third-order valence-electron chi connectivity index (χ3n) is 3.03. The summed E-state index contributed by atoms with van der Waals surface area (Å²) in [6, 6.07) is 9.94. The largest absolute Gasteiger partial charge is 0.479 e. The van der Waals surface area contributed by atoms with Crippen LogP contribution >= 0.6 is 11.8 Å². The van der Waals surface area contributed by atoms with E-state index in [2.05, 4.69) is 0 Å². The minimum atomic E-state index is -1.01. The molecule has 0 aliphatic carbocycles. The molecule has 0 saturated carbocycles. The number of amides is 1. The second kappa shape index (κ2) is 7.31. The lowest BCUT2D eigenvalue weighted by molar-refractivity contribution is -0.158. The minimum Gasteiger partial charge on any atom is -0.479 e. The van der Waals surface area contributed by atoms with Crippen molar-refractivity contribution >= 4 is 23.6 Å². The fraction of sp³-hybridized carbons (Fsp3) is 0.429. The van der Waals surface area contributed by atoms with Crippen LogP contribution in [0.1, 0.15) is 5.56 Å². The summed E-state index contributed by atoms with van der Waals surface area (Å²) in [4.78, 5) is 24.4. The van der Waals surface area contributed by atoms with E-state index in [9.17, 15) is 9.59 Å². The first kappa shape index (κ1) is 14.9. The van der Waals surface area contributed by atoms with E-state index in [0.29, 0.717) is 12.3 Å². The van der Waals surface area contributed by atoms with E-state index in [1.54, 1.807) is 4.90 Å². The minimum absolute atomic E-state index is 0.0273. The molecule has 20 heavy (non-hydrogen) atoms. The van der Waals surface area contributed by atoms with Gasteiger partial charge >= 0.3 is 5.97 Å². The lowest BCUT2D eigenvalue weighted by Gasteiger charge is -2.30. The van der Waals surface area contributed by atoms with Crippen LogP contribution in [-0.4, -0.2) is 53.4 Å². The van der Waals surface area contributed by atoms with Gasteiger partial charge in [0.2, 0.25) is 5.91 Å². The molecule has 5 nitrogen and oxygen atoms in total. The van der Waals surface area contributed by atoms with Gasteiger partial charge in [0.15, 0.2) is 6.10 Å². The van der Waals surface area contributed by atoms with Crippen LogP contribution in [0.3, 0.4) is 0 Å². The number of hydrogen-bond donors (Lipinski definition) is 1. The molecule has 0 radical (unpaired) electrons. The molecule has 1 aliphatic rings. The van der Waals surface area contributed by atoms with Gasteiger partial charge in [-0.05, 0) is 5.56 Å². The van der Waals surface area contributed by atoms with Gasteiger partial charge < -0.3 is 14.7 Å². The normalized spacial score (nSPS) is 18.8. The monoisotopic (exact) mass is 295 g/mol. The van der Waals surface area contributed by atoms with Gasteiger partial charge in [-0.15, -0.1) is 11.8 Å². The van der Waals surface area contributed by atoms with E-state index in [4.69, 9.17) is 9.84 Å². The van der Waals surface area contributed by atoms with Crippen LogP contribution in [0.2, 0.25) is 0 Å². The summed E-state index contributed by atoms with van der Waals surface area (Å²) < 4.78 is 5.09. The molecule has 6 heteroatoms. The van der Waals surface area contributed by atoms with Crippen LogP contribution in [0.25, 0.3) is 0 Å². The standard InChI is InChI=1S/C14H17NO4S/c16-13(10-20-9-11-4-2-1-3-5-11)15-6-7-19-12(8-15)14(17)18/h1-5,12H,6-10H2,(H,17,18). The number of morpholine rings is 1. The average molecular weight is 295 g/mol. The Bertz CT molecular complexity index is 466. The summed E-state index contributed by atoms with van der Waals surface area (Å²) in [5.74, 6) is 0.0977. The van der Waals surface area contributed by atoms with Crippen LogP contribution in [0.5, 0.6) is 0 Å². The fourth-order valence-corrected chi connectivity index (χ4v) is 2.83. The number of benzene rings is 1. The number of carbonyl (C=O) groups excluding carboxylic acids is 1. The molecule has 1 atom stereocenters. The molecule has 2 rings (SSSR count). The van der Waals surface area contributed by atoms with Crippen molar-refractivity contribution < 1.29 is 19.4 Å². The van der Waals surface area contributed by atoms with Gasteiger partial charge in [-0.3, -0.25) is 4.79 Å². The molecule has 1 amide bonds. The predicted molar refractivity (Wildman–Crippen MR) is 76.6 cm³/mol. The van der Waals surface area contributed by atoms with Gasteiger partial charge in [0.25, 0.3) is 0 Å². The van der Waals surface area contributed by atoms with Crippen LogP contribution in [0.15, 0.2) is 30.3 Å². The molecule has 1 aliphatic heterocycles. The maximum absolute atomic E-state index is 12.0. The zero-order valence-corrected chi connectivity index (χ0v) is 11.8. The Kier molecular flexibility index (Phi) is 5.43. The molecular weight excluding hydrogens is 278 g/mol. The molecule has 1 aromatic rings. The van der Waals surface area contributed by atoms with Crippen molar-refractivity contribution in [2.24, 2.45) is 0 Å². The van der Waals surface area contributed by atoms with Gasteiger partial charge in [0, 0.05) is 12.3 Å². The lowest BCUT2D eigenvalue weighted by atomic mass is 10.2. The van der Waals surface area contributed by atoms with Crippen LogP contribution < -0.4 is 0 Å². The van der Waals surface area contributed by atoms with Crippen molar-refractivity contribution in [2.75, 3.05) is 25.4 Å². The van der Waals surface area contributed by atoms with E-state index in [0.717, 1.165) is 5.75 Å². The molecule has 1 fully saturated rings. The Morgan fingerprint density at radius 3 is 2.80 bits per heavy atom. The maximum Gasteiger partial charge on any atom is 0.334 e. The Labute approximate surface area is 121 Å². The van der Waals surface area contributed by atoms with Crippen molar-refractivity contribution in [1.29, 1.82) is 0 Å². The zero-order chi connectivity index (χ0) is 14.4. The van der Waals surface area contributed by atoms with E-state index in [1.165, 1.54) is 17.3 Å². The number of thioether (sulfide) groups is 1. The zero-order valence-electron chi connectivity index (χ0n) is 11.0. The second-order valence-corrected chi connectivity index (χ2v) is 5.50. The molecule has 0 spiro atoms. The Morgan fingerprint density at radius 2 is 2.10 bits per heavy atom. The number of carbonyl (C=O) groups is 2. The number of hydrogen-bond acceptors (Lipinski definition) is 4. The number of ether oxygens (including phenoxy) is 1. The quantitative estimate of drug-likeness (QED) is 0.885. The number of carboxylic acids is 1. The van der Waals surface area contributed by atoms with Crippen molar-refractivity contribution in [3.8, 4) is 0 Å². The van der Waals surface area contributed by atoms with E-state index >= 15 is 0 Å². The summed E-state index contributed by atoms with van der Waals surface area (Å²) in [6.45, 7) is 0.890. The van der Waals surface area contributed by atoms with E-state index in [-0.39, 0.29) is 19.1 Å². The van der Waals surface area contributed by atoms with Gasteiger partial charge in [0.1, 0.15) is 0 Å². The number of nitrogens with zero attached hydrogens (tertiary/aromatic N) is 1. The third kappa shape index (κ3) is 4.25. The highest BCUT2D eigenvalue weighted by molar-refractivity contribution is 7.99. The van der Waals surface area contributed by atoms with Crippen molar-refractivity contribution in [2.45, 2.75) is 11.9 Å². The van der Waals surface area contributed by atoms with Gasteiger partial charge in [-0.25, -0.2) is 4.79 Å². The Morgan fingerprint density at radius 1 is 1.35 bits per heavy atom. The first-order chi connectivity index (χ1) is 9.66. The summed E-state index contributed by atoms with van der Waals surface area (Å²) in [5, 5.41) is 8.89. The highest BCUT2D eigenvalue weighted by atomic mass is 32.2. The lowest BCUT2D eigenvalue weighted by Crippen LogP contribution is -2.49. The molecule has 1 unspecified atom stereocenters. The van der Waals surface area contributed by atoms with Crippen molar-refractivity contribution in [3.63, 3.8) is 0 Å². The molecule has 0 bridgehead atoms. The summed E-state index contributed by atoms with van der Waals surface area (Å²) in [5.41, 5.74) is 1.18. The van der Waals surface area contributed by atoms with Crippen LogP contribution in [0.4, 0.5) is 0 Å². The molecule has 1 aromatic carbocycles. The second-order valence-electron chi connectivity index (χ2n) is 4.52. The first-order valence-electron chi connectivity index (χ1n) is 6.40. The molecule has 1 heterocycles. The molecule has 1 N–H and O–H groups in total. The number of aliphatic carboxylic acids is 1. The molecule has 1 saturated heterocycles. The molecule has 108 valence electrons. The van der Waals surface area contributed by atoms with Crippen molar-refractivity contribution in [3.05, 3.63) is 35.9 Å².